The summed E-state index contributed by atoms with van der Waals surface area (Å²) in [5, 5.41) is 6.10. The summed E-state index contributed by atoms with van der Waals surface area (Å²) in [5.74, 6) is -0.0149. The maximum Gasteiger partial charge on any atom is 0.238 e. The highest BCUT2D eigenvalue weighted by atomic mass is 35.5. The van der Waals surface area contributed by atoms with Crippen molar-refractivity contribution in [2.45, 2.75) is 44.7 Å². The highest BCUT2D eigenvalue weighted by Crippen LogP contribution is 2.24. The van der Waals surface area contributed by atoms with Gasteiger partial charge in [-0.2, -0.15) is 0 Å². The van der Waals surface area contributed by atoms with Crippen LogP contribution < -0.4 is 10.6 Å². The van der Waals surface area contributed by atoms with Gasteiger partial charge in [0, 0.05) is 31.9 Å². The fraction of sp³-hybridized carbons (Fsp3) is 0.632. The minimum Gasteiger partial charge on any atom is -0.383 e. The molecule has 1 aromatic carbocycles. The Morgan fingerprint density at radius 3 is 2.58 bits per heavy atom. The summed E-state index contributed by atoms with van der Waals surface area (Å²) in [4.78, 5) is 14.5. The van der Waals surface area contributed by atoms with Crippen LogP contribution in [0.5, 0.6) is 0 Å². The van der Waals surface area contributed by atoms with Gasteiger partial charge in [-0.3, -0.25) is 9.69 Å². The largest absolute Gasteiger partial charge is 0.383 e. The summed E-state index contributed by atoms with van der Waals surface area (Å²) in [6, 6.07) is 8.76. The van der Waals surface area contributed by atoms with Crippen molar-refractivity contribution < 1.29 is 9.53 Å². The van der Waals surface area contributed by atoms with Gasteiger partial charge in [0.15, 0.2) is 0 Å². The van der Waals surface area contributed by atoms with Crippen molar-refractivity contribution in [1.82, 2.24) is 10.2 Å². The molecule has 2 N–H and O–H groups in total. The van der Waals surface area contributed by atoms with Crippen LogP contribution in [-0.2, 0) is 16.1 Å². The van der Waals surface area contributed by atoms with Gasteiger partial charge in [0.05, 0.1) is 13.2 Å². The predicted octanol–water partition coefficient (Wildman–Crippen LogP) is 3.47. The molecule has 0 aliphatic heterocycles. The minimum absolute atomic E-state index is 0. The van der Waals surface area contributed by atoms with Crippen molar-refractivity contribution in [3.8, 4) is 0 Å². The average Bonchev–Trinajstić information content (AvgIpc) is 2.61. The molecular formula is C19H33Cl2N3O2. The van der Waals surface area contributed by atoms with E-state index in [1.807, 2.05) is 18.2 Å². The molecule has 1 aromatic rings. The summed E-state index contributed by atoms with van der Waals surface area (Å²) in [6.07, 6.45) is 6.61. The standard InChI is InChI=1S/C19H31N3O2.2ClH/c1-22(17-9-4-3-5-10-17)15-16-8-6-7-11-18(16)21-19(23)14-20-12-13-24-2;;/h6-8,11,17,20H,3-5,9-10,12-15H2,1-2H3,(H,21,23);2*1H. The highest BCUT2D eigenvalue weighted by Gasteiger charge is 2.19. The number of rotatable bonds is 9. The van der Waals surface area contributed by atoms with E-state index in [2.05, 4.69) is 28.6 Å². The number of nitrogens with zero attached hydrogens (tertiary/aromatic N) is 1. The molecule has 0 bridgehead atoms. The van der Waals surface area contributed by atoms with Crippen molar-refractivity contribution >= 4 is 36.4 Å². The number of carbonyl (C=O) groups excluding carboxylic acids is 1. The van der Waals surface area contributed by atoms with E-state index in [1.54, 1.807) is 7.11 Å². The van der Waals surface area contributed by atoms with E-state index in [-0.39, 0.29) is 30.7 Å². The minimum atomic E-state index is -0.0149. The second-order valence-electron chi connectivity index (χ2n) is 6.58. The van der Waals surface area contributed by atoms with Gasteiger partial charge in [0.2, 0.25) is 5.91 Å². The number of anilines is 1. The number of para-hydroxylation sites is 1. The van der Waals surface area contributed by atoms with E-state index < -0.39 is 0 Å². The average molecular weight is 406 g/mol. The number of methoxy groups -OCH3 is 1. The molecule has 1 aliphatic carbocycles. The number of halogens is 2. The van der Waals surface area contributed by atoms with Gasteiger partial charge in [-0.25, -0.2) is 0 Å². The first-order valence-corrected chi connectivity index (χ1v) is 8.98. The van der Waals surface area contributed by atoms with E-state index in [1.165, 1.54) is 37.7 Å². The monoisotopic (exact) mass is 405 g/mol. The third-order valence-electron chi connectivity index (χ3n) is 4.68. The van der Waals surface area contributed by atoms with Gasteiger partial charge in [0.1, 0.15) is 0 Å². The topological polar surface area (TPSA) is 53.6 Å². The maximum atomic E-state index is 12.1. The third-order valence-corrected chi connectivity index (χ3v) is 4.68. The summed E-state index contributed by atoms with van der Waals surface area (Å²) in [6.45, 7) is 2.46. The Morgan fingerprint density at radius 1 is 1.19 bits per heavy atom. The lowest BCUT2D eigenvalue weighted by atomic mass is 9.94. The van der Waals surface area contributed by atoms with E-state index in [0.717, 1.165) is 12.2 Å². The van der Waals surface area contributed by atoms with Crippen LogP contribution in [0.15, 0.2) is 24.3 Å². The zero-order valence-electron chi connectivity index (χ0n) is 15.8. The van der Waals surface area contributed by atoms with Gasteiger partial charge in [-0.05, 0) is 31.5 Å². The molecular weight excluding hydrogens is 373 g/mol. The van der Waals surface area contributed by atoms with Crippen LogP contribution in [0.25, 0.3) is 0 Å². The van der Waals surface area contributed by atoms with Crippen LogP contribution in [-0.4, -0.2) is 50.7 Å². The maximum absolute atomic E-state index is 12.1. The highest BCUT2D eigenvalue weighted by molar-refractivity contribution is 5.92. The second kappa shape index (κ2) is 14.2. The molecule has 0 saturated heterocycles. The molecule has 1 amide bonds. The lowest BCUT2D eigenvalue weighted by Gasteiger charge is -2.31. The van der Waals surface area contributed by atoms with Gasteiger partial charge in [-0.1, -0.05) is 37.5 Å². The van der Waals surface area contributed by atoms with E-state index in [4.69, 9.17) is 4.74 Å². The zero-order chi connectivity index (χ0) is 17.2. The molecule has 26 heavy (non-hydrogen) atoms. The second-order valence-corrected chi connectivity index (χ2v) is 6.58. The smallest absolute Gasteiger partial charge is 0.238 e. The van der Waals surface area contributed by atoms with Crippen LogP contribution in [0.3, 0.4) is 0 Å². The van der Waals surface area contributed by atoms with Gasteiger partial charge >= 0.3 is 0 Å². The predicted molar refractivity (Wildman–Crippen MR) is 113 cm³/mol. The van der Waals surface area contributed by atoms with E-state index in [9.17, 15) is 4.79 Å². The molecule has 1 aliphatic rings. The van der Waals surface area contributed by atoms with Crippen LogP contribution in [0, 0.1) is 0 Å². The molecule has 0 radical (unpaired) electrons. The summed E-state index contributed by atoms with van der Waals surface area (Å²) >= 11 is 0. The Morgan fingerprint density at radius 2 is 1.88 bits per heavy atom. The molecule has 0 aromatic heterocycles. The molecule has 0 spiro atoms. The van der Waals surface area contributed by atoms with Crippen molar-refractivity contribution in [3.63, 3.8) is 0 Å². The molecule has 5 nitrogen and oxygen atoms in total. The number of hydrogen-bond donors (Lipinski definition) is 2. The number of carbonyl (C=O) groups is 1. The SMILES string of the molecule is COCCNCC(=O)Nc1ccccc1CN(C)C1CCCCC1.Cl.Cl. The fourth-order valence-corrected chi connectivity index (χ4v) is 3.27. The van der Waals surface area contributed by atoms with E-state index in [0.29, 0.717) is 25.7 Å². The molecule has 1 fully saturated rings. The fourth-order valence-electron chi connectivity index (χ4n) is 3.27. The Labute approximate surface area is 170 Å². The number of benzene rings is 1. The number of amides is 1. The Hall–Kier alpha value is -0.850. The molecule has 2 rings (SSSR count). The Kier molecular flexibility index (Phi) is 13.8. The first-order valence-electron chi connectivity index (χ1n) is 8.98. The lowest BCUT2D eigenvalue weighted by molar-refractivity contribution is -0.115. The molecule has 0 atom stereocenters. The summed E-state index contributed by atoms with van der Waals surface area (Å²) in [5.41, 5.74) is 2.09. The van der Waals surface area contributed by atoms with Crippen molar-refractivity contribution in [2.24, 2.45) is 0 Å². The molecule has 1 saturated carbocycles. The molecule has 0 unspecified atom stereocenters. The normalized spacial score (nSPS) is 14.4. The zero-order valence-corrected chi connectivity index (χ0v) is 17.5. The van der Waals surface area contributed by atoms with Gasteiger partial charge in [0.25, 0.3) is 0 Å². The summed E-state index contributed by atoms with van der Waals surface area (Å²) < 4.78 is 4.96. The molecule has 0 heterocycles. The van der Waals surface area contributed by atoms with Crippen molar-refractivity contribution in [3.05, 3.63) is 29.8 Å². The lowest BCUT2D eigenvalue weighted by Crippen LogP contribution is -2.33. The Balaban J connectivity index is 0.00000312. The van der Waals surface area contributed by atoms with Crippen molar-refractivity contribution in [2.75, 3.05) is 39.2 Å². The number of nitrogens with one attached hydrogen (secondary N) is 2. The van der Waals surface area contributed by atoms with Crippen LogP contribution in [0.1, 0.15) is 37.7 Å². The first-order chi connectivity index (χ1) is 11.7. The van der Waals surface area contributed by atoms with Crippen LogP contribution in [0.2, 0.25) is 0 Å². The van der Waals surface area contributed by atoms with Gasteiger partial charge in [-0.15, -0.1) is 24.8 Å². The molecule has 7 heteroatoms. The molecule has 150 valence electrons. The third kappa shape index (κ3) is 8.69. The van der Waals surface area contributed by atoms with Crippen LogP contribution in [0.4, 0.5) is 5.69 Å². The van der Waals surface area contributed by atoms with E-state index >= 15 is 0 Å². The number of ether oxygens (including phenoxy) is 1. The summed E-state index contributed by atoms with van der Waals surface area (Å²) in [7, 11) is 3.85. The quantitative estimate of drug-likeness (QED) is 0.617. The van der Waals surface area contributed by atoms with Crippen molar-refractivity contribution in [1.29, 1.82) is 0 Å². The number of hydrogen-bond acceptors (Lipinski definition) is 4. The van der Waals surface area contributed by atoms with Gasteiger partial charge < -0.3 is 15.4 Å². The van der Waals surface area contributed by atoms with Crippen LogP contribution >= 0.6 is 24.8 Å². The Bertz CT molecular complexity index is 511. The first kappa shape index (κ1) is 25.1.